The van der Waals surface area contributed by atoms with Crippen LogP contribution < -0.4 is 28.0 Å². The lowest BCUT2D eigenvalue weighted by atomic mass is 9.97. The predicted molar refractivity (Wildman–Crippen MR) is 217 cm³/mol. The quantitative estimate of drug-likeness (QED) is 0.0789. The maximum Gasteiger partial charge on any atom is 0.0541 e. The summed E-state index contributed by atoms with van der Waals surface area (Å²) in [5.41, 5.74) is 16.8. The number of aromatic nitrogens is 1. The van der Waals surface area contributed by atoms with Crippen LogP contribution >= 0.6 is 0 Å². The molecule has 1 aromatic heterocycles. The van der Waals surface area contributed by atoms with E-state index in [0.29, 0.717) is 0 Å². The fraction of sp³-hybridized carbons (Fsp3) is 0.156. The van der Waals surface area contributed by atoms with E-state index in [-0.39, 0.29) is 0 Å². The first-order chi connectivity index (χ1) is 24.0. The fourth-order valence-electron chi connectivity index (χ4n) is 6.06. The highest BCUT2D eigenvalue weighted by molar-refractivity contribution is 6.08. The van der Waals surface area contributed by atoms with Crippen molar-refractivity contribution in [3.05, 3.63) is 185 Å². The summed E-state index contributed by atoms with van der Waals surface area (Å²) in [5, 5.41) is 3.94. The van der Waals surface area contributed by atoms with Crippen LogP contribution in [0.25, 0.3) is 33.8 Å². The van der Waals surface area contributed by atoms with Crippen LogP contribution in [0.3, 0.4) is 0 Å². The maximum atomic E-state index is 5.36. The number of nitrogen functional groups attached to an aromatic ring is 1. The van der Waals surface area contributed by atoms with Crippen molar-refractivity contribution < 1.29 is 0 Å². The molecule has 7 rings (SSSR count). The molecule has 0 fully saturated rings. The molecular formula is C45H52N4. The van der Waals surface area contributed by atoms with Crippen molar-refractivity contribution in [2.75, 3.05) is 5.73 Å². The average molecular weight is 649 g/mol. The first kappa shape index (κ1) is 38.0. The molecule has 6 N–H and O–H groups in total. The summed E-state index contributed by atoms with van der Waals surface area (Å²) >= 11 is 0. The molecule has 0 amide bonds. The third kappa shape index (κ3) is 9.57. The van der Waals surface area contributed by atoms with E-state index in [1.165, 1.54) is 54.9 Å². The van der Waals surface area contributed by atoms with E-state index in [1.54, 1.807) is 0 Å². The normalized spacial score (nSPS) is 16.0. The van der Waals surface area contributed by atoms with E-state index >= 15 is 0 Å². The highest BCUT2D eigenvalue weighted by Gasteiger charge is 2.25. The number of nitrogens with two attached hydrogens (primary N) is 3. The van der Waals surface area contributed by atoms with E-state index in [4.69, 9.17) is 5.73 Å². The summed E-state index contributed by atoms with van der Waals surface area (Å²) in [4.78, 5) is 0. The molecule has 49 heavy (non-hydrogen) atoms. The lowest BCUT2D eigenvalue weighted by Crippen LogP contribution is -2.31. The molecule has 0 saturated carbocycles. The molecule has 0 atom stereocenters. The lowest BCUT2D eigenvalue weighted by Gasteiger charge is -2.08. The van der Waals surface area contributed by atoms with Crippen LogP contribution in [0.1, 0.15) is 50.8 Å². The summed E-state index contributed by atoms with van der Waals surface area (Å²) in [6.07, 6.45) is 17.1. The first-order valence-electron chi connectivity index (χ1n) is 16.9. The van der Waals surface area contributed by atoms with Gasteiger partial charge < -0.3 is 10.3 Å². The Labute approximate surface area is 293 Å². The Morgan fingerprint density at radius 3 is 2.00 bits per heavy atom. The Balaban J connectivity index is 0.000000296. The summed E-state index contributed by atoms with van der Waals surface area (Å²) in [5.74, 6) is 8.00. The number of rotatable bonds is 3. The Kier molecular flexibility index (Phi) is 15.6. The molecule has 4 heteroatoms. The van der Waals surface area contributed by atoms with Gasteiger partial charge in [0.2, 0.25) is 0 Å². The Morgan fingerprint density at radius 1 is 0.796 bits per heavy atom. The molecule has 0 bridgehead atoms. The van der Waals surface area contributed by atoms with E-state index in [0.717, 1.165) is 24.2 Å². The van der Waals surface area contributed by atoms with Gasteiger partial charge in [0.25, 0.3) is 0 Å². The van der Waals surface area contributed by atoms with Crippen LogP contribution in [-0.4, -0.2) is 4.57 Å². The van der Waals surface area contributed by atoms with E-state index in [1.807, 2.05) is 68.5 Å². The Bertz CT molecular complexity index is 2000. The van der Waals surface area contributed by atoms with Crippen molar-refractivity contribution in [1.82, 2.24) is 4.57 Å². The minimum atomic E-state index is 0.822. The molecule has 252 valence electrons. The number of benzene rings is 4. The van der Waals surface area contributed by atoms with Crippen LogP contribution in [0.4, 0.5) is 5.69 Å². The molecule has 4 nitrogen and oxygen atoms in total. The van der Waals surface area contributed by atoms with Crippen LogP contribution in [0.5, 0.6) is 0 Å². The molecule has 0 unspecified atom stereocenters. The molecule has 5 aromatic rings. The molecule has 4 aromatic carbocycles. The lowest BCUT2D eigenvalue weighted by molar-refractivity contribution is 1.10. The predicted octanol–water partition coefficient (Wildman–Crippen LogP) is 9.27. The molecule has 0 saturated heterocycles. The van der Waals surface area contributed by atoms with Crippen molar-refractivity contribution >= 4 is 39.5 Å². The van der Waals surface area contributed by atoms with E-state index in [2.05, 4.69) is 141 Å². The van der Waals surface area contributed by atoms with Crippen LogP contribution in [0.15, 0.2) is 158 Å². The molecule has 0 spiro atoms. The van der Waals surface area contributed by atoms with Crippen molar-refractivity contribution in [3.8, 4) is 0 Å². The van der Waals surface area contributed by atoms with Crippen molar-refractivity contribution in [3.63, 3.8) is 0 Å². The van der Waals surface area contributed by atoms with E-state index in [9.17, 15) is 0 Å². The average Bonchev–Trinajstić information content (AvgIpc) is 3.69. The number of hydrogen-bond donors (Lipinski definition) is 3. The van der Waals surface area contributed by atoms with Gasteiger partial charge in [-0.1, -0.05) is 147 Å². The van der Waals surface area contributed by atoms with Crippen molar-refractivity contribution in [2.24, 2.45) is 11.7 Å². The summed E-state index contributed by atoms with van der Waals surface area (Å²) in [6, 6.07) is 37.4. The highest BCUT2D eigenvalue weighted by atomic mass is 15.0. The minimum Gasteiger partial charge on any atom is -0.399 e. The summed E-state index contributed by atoms with van der Waals surface area (Å²) < 4.78 is 2.40. The number of hydrazine groups is 1. The largest absolute Gasteiger partial charge is 0.399 e. The molecule has 0 radical (unpaired) electrons. The molecule has 2 aliphatic carbocycles. The van der Waals surface area contributed by atoms with Gasteiger partial charge in [0.15, 0.2) is 0 Å². The van der Waals surface area contributed by atoms with Crippen molar-refractivity contribution in [2.45, 2.75) is 47.5 Å². The van der Waals surface area contributed by atoms with Crippen molar-refractivity contribution in [1.29, 1.82) is 0 Å². The zero-order chi connectivity index (χ0) is 35.6. The van der Waals surface area contributed by atoms with Crippen LogP contribution in [0, 0.1) is 6.92 Å². The Hall–Kier alpha value is -5.42. The second-order valence-corrected chi connectivity index (χ2v) is 11.2. The number of nitrogens with zero attached hydrogens (tertiary/aromatic N) is 1. The van der Waals surface area contributed by atoms with E-state index < -0.39 is 0 Å². The van der Waals surface area contributed by atoms with Gasteiger partial charge in [-0.15, -0.1) is 0 Å². The van der Waals surface area contributed by atoms with Gasteiger partial charge in [0.05, 0.1) is 10.9 Å². The number of para-hydroxylation sites is 2. The van der Waals surface area contributed by atoms with Crippen LogP contribution in [0.2, 0.25) is 0 Å². The smallest absolute Gasteiger partial charge is 0.0541 e. The van der Waals surface area contributed by atoms with Gasteiger partial charge in [-0.25, -0.2) is 0 Å². The standard InChI is InChI=1S/C30H27N.C7H8.C6H7N.C2H6.H4N2/c1-4-12-23(13-5-2)31-27-18-11-9-17-25(27)30-26-20-22-15-7-8-16-24(22)29(26)21(3)14-6-10-19-28(30)31;1-7-5-3-2-4-6-7;7-6-4-2-1-3-5-6;2*1-2/h4-9,11-19H,1,10,20H2,2-3H3;2-6H,1H3;1-5H,7H2;1-2H3;1-2H2/b13-5?,14-6-,23-12+,28-19?,29-21+,30-26-;;;;. The number of aryl methyl sites for hydroxylation is 1. The van der Waals surface area contributed by atoms with Gasteiger partial charge in [-0.2, -0.15) is 0 Å². The number of hydrogen-bond acceptors (Lipinski definition) is 3. The zero-order valence-electron chi connectivity index (χ0n) is 29.7. The first-order valence-corrected chi connectivity index (χ1v) is 16.9. The van der Waals surface area contributed by atoms with Crippen LogP contribution in [-0.2, 0) is 6.42 Å². The molecule has 2 aliphatic rings. The third-order valence-corrected chi connectivity index (χ3v) is 8.00. The number of allylic oxidation sites excluding steroid dienone is 9. The van der Waals surface area contributed by atoms with Gasteiger partial charge in [0, 0.05) is 22.0 Å². The maximum absolute atomic E-state index is 5.36. The molecule has 0 aliphatic heterocycles. The summed E-state index contributed by atoms with van der Waals surface area (Å²) in [7, 11) is 0. The highest BCUT2D eigenvalue weighted by Crippen LogP contribution is 2.40. The molecule has 1 heterocycles. The minimum absolute atomic E-state index is 0.822. The number of fused-ring (bicyclic) bond motifs is 6. The Morgan fingerprint density at radius 2 is 1.41 bits per heavy atom. The van der Waals surface area contributed by atoms with Gasteiger partial charge >= 0.3 is 0 Å². The zero-order valence-corrected chi connectivity index (χ0v) is 29.7. The molecular weight excluding hydrogens is 597 g/mol. The monoisotopic (exact) mass is 648 g/mol. The number of anilines is 1. The summed E-state index contributed by atoms with van der Waals surface area (Å²) in [6.45, 7) is 14.4. The third-order valence-electron chi connectivity index (χ3n) is 8.00. The second-order valence-electron chi connectivity index (χ2n) is 11.2. The second kappa shape index (κ2) is 20.1. The van der Waals surface area contributed by atoms with Gasteiger partial charge in [-0.3, -0.25) is 11.7 Å². The SMILES string of the molecule is C=C/C=C(\C=CC)n1c2/c(c3ccccc31)=C1/Cc3ccccc3/C1=C(C)\C=C/CC=2.CC.Cc1ccccc1.NN.Nc1ccccc1. The van der Waals surface area contributed by atoms with Gasteiger partial charge in [-0.05, 0) is 91.8 Å². The topological polar surface area (TPSA) is 83.0 Å². The fourth-order valence-corrected chi connectivity index (χ4v) is 6.06. The van der Waals surface area contributed by atoms with Gasteiger partial charge in [0.1, 0.15) is 0 Å².